The van der Waals surface area contributed by atoms with Gasteiger partial charge in [-0.05, 0) is 20.3 Å². The molecule has 3 rings (SSSR count). The molecule has 1 fully saturated rings. The van der Waals surface area contributed by atoms with E-state index in [1.54, 1.807) is 6.20 Å². The Bertz CT molecular complexity index is 562. The summed E-state index contributed by atoms with van der Waals surface area (Å²) in [5.41, 5.74) is 0.546. The normalized spacial score (nSPS) is 24.1. The Morgan fingerprint density at radius 3 is 3.00 bits per heavy atom. The maximum absolute atomic E-state index is 9.46. The van der Waals surface area contributed by atoms with Crippen molar-refractivity contribution in [2.75, 3.05) is 18.1 Å². The van der Waals surface area contributed by atoms with Crippen LogP contribution in [0.4, 0.5) is 5.82 Å². The second kappa shape index (κ2) is 3.40. The number of anilines is 1. The molecule has 0 radical (unpaired) electrons. The van der Waals surface area contributed by atoms with Gasteiger partial charge in [-0.2, -0.15) is 5.10 Å². The Morgan fingerprint density at radius 1 is 1.53 bits per heavy atom. The zero-order chi connectivity index (χ0) is 12.0. The average molecular weight is 233 g/mol. The first kappa shape index (κ1) is 10.5. The molecular weight excluding hydrogens is 218 g/mol. The molecule has 1 atom stereocenters. The Kier molecular flexibility index (Phi) is 2.09. The van der Waals surface area contributed by atoms with Crippen molar-refractivity contribution in [2.45, 2.75) is 25.8 Å². The van der Waals surface area contributed by atoms with Gasteiger partial charge in [0.2, 0.25) is 0 Å². The smallest absolute Gasteiger partial charge is 0.161 e. The van der Waals surface area contributed by atoms with E-state index in [0.717, 1.165) is 29.8 Å². The highest BCUT2D eigenvalue weighted by Gasteiger charge is 2.41. The van der Waals surface area contributed by atoms with Crippen molar-refractivity contribution in [1.29, 1.82) is 0 Å². The van der Waals surface area contributed by atoms with Crippen molar-refractivity contribution < 1.29 is 5.11 Å². The van der Waals surface area contributed by atoms with E-state index in [1.165, 1.54) is 0 Å². The van der Waals surface area contributed by atoms with E-state index in [-0.39, 0.29) is 12.1 Å². The summed E-state index contributed by atoms with van der Waals surface area (Å²) in [4.78, 5) is 10.9. The van der Waals surface area contributed by atoms with Gasteiger partial charge in [-0.25, -0.2) is 9.97 Å². The predicted octanol–water partition coefficient (Wildman–Crippen LogP) is 0.622. The van der Waals surface area contributed by atoms with Crippen LogP contribution in [-0.4, -0.2) is 44.0 Å². The first-order valence-electron chi connectivity index (χ1n) is 5.70. The molecule has 1 aliphatic rings. The number of aryl methyl sites for hydroxylation is 1. The summed E-state index contributed by atoms with van der Waals surface area (Å²) >= 11 is 0. The van der Waals surface area contributed by atoms with Gasteiger partial charge in [-0.1, -0.05) is 0 Å². The van der Waals surface area contributed by atoms with E-state index in [0.29, 0.717) is 5.82 Å². The predicted molar refractivity (Wildman–Crippen MR) is 63.9 cm³/mol. The summed E-state index contributed by atoms with van der Waals surface area (Å²) < 4.78 is 0. The maximum Gasteiger partial charge on any atom is 0.161 e. The van der Waals surface area contributed by atoms with Gasteiger partial charge in [0.25, 0.3) is 0 Å². The second-order valence-electron chi connectivity index (χ2n) is 4.78. The quantitative estimate of drug-likeness (QED) is 0.795. The summed E-state index contributed by atoms with van der Waals surface area (Å²) in [7, 11) is 0. The summed E-state index contributed by atoms with van der Waals surface area (Å²) in [6.07, 6.45) is 2.71. The highest BCUT2D eigenvalue weighted by atomic mass is 16.3. The van der Waals surface area contributed by atoms with Crippen molar-refractivity contribution in [3.05, 3.63) is 12.0 Å². The second-order valence-corrected chi connectivity index (χ2v) is 4.78. The first-order valence-corrected chi connectivity index (χ1v) is 5.70. The molecule has 0 bridgehead atoms. The lowest BCUT2D eigenvalue weighted by molar-refractivity contribution is 0.152. The van der Waals surface area contributed by atoms with Crippen LogP contribution in [0.3, 0.4) is 0 Å². The monoisotopic (exact) mass is 233 g/mol. The van der Waals surface area contributed by atoms with Crippen molar-refractivity contribution in [1.82, 2.24) is 20.2 Å². The van der Waals surface area contributed by atoms with Gasteiger partial charge < -0.3 is 10.0 Å². The Morgan fingerprint density at radius 2 is 2.35 bits per heavy atom. The third-order valence-electron chi connectivity index (χ3n) is 3.52. The molecule has 2 aromatic heterocycles. The summed E-state index contributed by atoms with van der Waals surface area (Å²) in [5.74, 6) is 1.58. The van der Waals surface area contributed by atoms with Crippen LogP contribution in [0.5, 0.6) is 0 Å². The minimum Gasteiger partial charge on any atom is -0.394 e. The minimum atomic E-state index is -0.203. The van der Waals surface area contributed by atoms with Crippen LogP contribution >= 0.6 is 0 Å². The number of nitrogens with one attached hydrogen (secondary N) is 1. The lowest BCUT2D eigenvalue weighted by atomic mass is 9.87. The van der Waals surface area contributed by atoms with Crippen LogP contribution in [0.2, 0.25) is 0 Å². The highest BCUT2D eigenvalue weighted by Crippen LogP contribution is 2.36. The largest absolute Gasteiger partial charge is 0.394 e. The zero-order valence-corrected chi connectivity index (χ0v) is 9.93. The Labute approximate surface area is 98.7 Å². The topological polar surface area (TPSA) is 77.9 Å². The fraction of sp³-hybridized carbons (Fsp3) is 0.545. The Hall–Kier alpha value is -1.69. The van der Waals surface area contributed by atoms with Crippen molar-refractivity contribution in [2.24, 2.45) is 0 Å². The SMILES string of the molecule is Cc1nc(N2CCC2(C)CO)c2cn[nH]c2n1. The number of hydrogen-bond donors (Lipinski definition) is 2. The summed E-state index contributed by atoms with van der Waals surface area (Å²) in [6, 6.07) is 0. The van der Waals surface area contributed by atoms with Gasteiger partial charge in [-0.15, -0.1) is 0 Å². The maximum atomic E-state index is 9.46. The molecule has 1 aliphatic heterocycles. The number of aliphatic hydroxyl groups excluding tert-OH is 1. The molecule has 0 amide bonds. The number of aromatic nitrogens is 4. The Balaban J connectivity index is 2.14. The molecule has 2 aromatic rings. The van der Waals surface area contributed by atoms with Crippen LogP contribution in [0.1, 0.15) is 19.2 Å². The zero-order valence-electron chi connectivity index (χ0n) is 9.93. The molecule has 0 spiro atoms. The lowest BCUT2D eigenvalue weighted by Crippen LogP contribution is -2.61. The molecule has 2 N–H and O–H groups in total. The number of hydrogen-bond acceptors (Lipinski definition) is 5. The number of aromatic amines is 1. The number of H-pyrrole nitrogens is 1. The minimum absolute atomic E-state index is 0.134. The first-order chi connectivity index (χ1) is 8.14. The lowest BCUT2D eigenvalue weighted by Gasteiger charge is -2.50. The van der Waals surface area contributed by atoms with E-state index in [4.69, 9.17) is 0 Å². The molecule has 0 aliphatic carbocycles. The van der Waals surface area contributed by atoms with E-state index < -0.39 is 0 Å². The average Bonchev–Trinajstić information content (AvgIpc) is 2.74. The number of rotatable bonds is 2. The van der Waals surface area contributed by atoms with E-state index in [2.05, 4.69) is 25.1 Å². The molecule has 0 saturated carbocycles. The van der Waals surface area contributed by atoms with Crippen molar-refractivity contribution in [3.8, 4) is 0 Å². The van der Waals surface area contributed by atoms with E-state index >= 15 is 0 Å². The summed E-state index contributed by atoms with van der Waals surface area (Å²) in [5, 5.41) is 17.2. The van der Waals surface area contributed by atoms with Gasteiger partial charge in [0, 0.05) is 6.54 Å². The fourth-order valence-corrected chi connectivity index (χ4v) is 2.27. The van der Waals surface area contributed by atoms with Crippen LogP contribution in [-0.2, 0) is 0 Å². The molecule has 17 heavy (non-hydrogen) atoms. The number of aliphatic hydroxyl groups is 1. The van der Waals surface area contributed by atoms with Crippen LogP contribution in [0, 0.1) is 6.92 Å². The van der Waals surface area contributed by atoms with Crippen LogP contribution in [0.25, 0.3) is 11.0 Å². The number of nitrogens with zero attached hydrogens (tertiary/aromatic N) is 4. The molecule has 1 unspecified atom stereocenters. The van der Waals surface area contributed by atoms with Crippen molar-refractivity contribution in [3.63, 3.8) is 0 Å². The number of fused-ring (bicyclic) bond motifs is 1. The van der Waals surface area contributed by atoms with Gasteiger partial charge >= 0.3 is 0 Å². The third-order valence-corrected chi connectivity index (χ3v) is 3.52. The molecule has 90 valence electrons. The van der Waals surface area contributed by atoms with Crippen LogP contribution < -0.4 is 4.90 Å². The van der Waals surface area contributed by atoms with Gasteiger partial charge in [0.15, 0.2) is 5.65 Å². The molecular formula is C11H15N5O. The van der Waals surface area contributed by atoms with E-state index in [9.17, 15) is 5.11 Å². The molecule has 6 nitrogen and oxygen atoms in total. The van der Waals surface area contributed by atoms with Gasteiger partial charge in [-0.3, -0.25) is 5.10 Å². The van der Waals surface area contributed by atoms with Crippen LogP contribution in [0.15, 0.2) is 6.20 Å². The van der Waals surface area contributed by atoms with Crippen molar-refractivity contribution >= 4 is 16.9 Å². The van der Waals surface area contributed by atoms with Gasteiger partial charge in [0.1, 0.15) is 11.6 Å². The van der Waals surface area contributed by atoms with Gasteiger partial charge in [0.05, 0.1) is 23.7 Å². The molecule has 6 heteroatoms. The summed E-state index contributed by atoms with van der Waals surface area (Å²) in [6.45, 7) is 4.95. The molecule has 1 saturated heterocycles. The van der Waals surface area contributed by atoms with E-state index in [1.807, 2.05) is 13.8 Å². The molecule has 0 aromatic carbocycles. The fourth-order valence-electron chi connectivity index (χ4n) is 2.27. The third kappa shape index (κ3) is 1.40. The molecule has 3 heterocycles. The highest BCUT2D eigenvalue weighted by molar-refractivity contribution is 5.87. The standard InChI is InChI=1S/C11H15N5O/c1-7-13-9-8(5-12-15-9)10(14-7)16-4-3-11(16,2)6-17/h5,17H,3-4,6H2,1-2H3,(H,12,13,14,15).